The van der Waals surface area contributed by atoms with Crippen LogP contribution in [0.5, 0.6) is 5.75 Å². The van der Waals surface area contributed by atoms with Crippen molar-refractivity contribution in [1.29, 1.82) is 0 Å². The maximum Gasteiger partial charge on any atom is 0.344 e. The molecule has 5 heteroatoms. The number of aryl methyl sites for hydroxylation is 1. The maximum atomic E-state index is 12.1. The molecule has 0 radical (unpaired) electrons. The van der Waals surface area contributed by atoms with Gasteiger partial charge in [0.05, 0.1) is 10.8 Å². The zero-order valence-corrected chi connectivity index (χ0v) is 12.5. The molecule has 3 aromatic rings. The Morgan fingerprint density at radius 3 is 2.59 bits per heavy atom. The van der Waals surface area contributed by atoms with Crippen molar-refractivity contribution in [2.24, 2.45) is 0 Å². The van der Waals surface area contributed by atoms with E-state index in [4.69, 9.17) is 4.42 Å². The van der Waals surface area contributed by atoms with Crippen LogP contribution in [0.3, 0.4) is 0 Å². The number of phenolic OH excluding ortho intramolecular Hbond substituents is 1. The number of hydrogen-bond donors (Lipinski definition) is 1. The zero-order chi connectivity index (χ0) is 16.0. The van der Waals surface area contributed by atoms with Gasteiger partial charge in [-0.15, -0.1) is 0 Å². The summed E-state index contributed by atoms with van der Waals surface area (Å²) in [4.78, 5) is 25.1. The SMILES string of the molecule is CC(=O)N(C)c1ccc2c(=O)oc3cc(C)cc(O)c3c2c1. The first kappa shape index (κ1) is 14.1. The minimum atomic E-state index is -0.468. The van der Waals surface area contributed by atoms with Crippen molar-refractivity contribution in [2.45, 2.75) is 13.8 Å². The fourth-order valence-corrected chi connectivity index (χ4v) is 2.55. The van der Waals surface area contributed by atoms with Gasteiger partial charge in [0, 0.05) is 25.0 Å². The minimum Gasteiger partial charge on any atom is -0.507 e. The molecule has 0 aliphatic carbocycles. The summed E-state index contributed by atoms with van der Waals surface area (Å²) in [6, 6.07) is 8.32. The number of nitrogens with zero attached hydrogens (tertiary/aromatic N) is 1. The van der Waals surface area contributed by atoms with Gasteiger partial charge in [-0.1, -0.05) is 0 Å². The van der Waals surface area contributed by atoms with Crippen LogP contribution in [0.25, 0.3) is 21.7 Å². The van der Waals surface area contributed by atoms with E-state index in [9.17, 15) is 14.7 Å². The summed E-state index contributed by atoms with van der Waals surface area (Å²) in [5.74, 6) is -0.0712. The van der Waals surface area contributed by atoms with Crippen molar-refractivity contribution in [3.8, 4) is 5.75 Å². The van der Waals surface area contributed by atoms with Crippen LogP contribution >= 0.6 is 0 Å². The standard InChI is InChI=1S/C17H15NO4/c1-9-6-14(20)16-13-8-11(18(3)10(2)19)4-5-12(13)17(21)22-15(16)7-9/h4-8,20H,1-3H3. The van der Waals surface area contributed by atoms with Crippen molar-refractivity contribution in [2.75, 3.05) is 11.9 Å². The third-order valence-electron chi connectivity index (χ3n) is 3.78. The largest absolute Gasteiger partial charge is 0.507 e. The Bertz CT molecular complexity index is 972. The lowest BCUT2D eigenvalue weighted by atomic mass is 10.0. The number of phenols is 1. The van der Waals surface area contributed by atoms with Crippen LogP contribution < -0.4 is 10.5 Å². The van der Waals surface area contributed by atoms with Crippen LogP contribution in [0.4, 0.5) is 5.69 Å². The van der Waals surface area contributed by atoms with E-state index in [1.165, 1.54) is 11.8 Å². The smallest absolute Gasteiger partial charge is 0.344 e. The average Bonchev–Trinajstić information content (AvgIpc) is 2.45. The Morgan fingerprint density at radius 2 is 1.91 bits per heavy atom. The van der Waals surface area contributed by atoms with E-state index in [-0.39, 0.29) is 11.7 Å². The van der Waals surface area contributed by atoms with Crippen LogP contribution in [0.2, 0.25) is 0 Å². The van der Waals surface area contributed by atoms with Crippen LogP contribution in [0, 0.1) is 6.92 Å². The molecule has 5 nitrogen and oxygen atoms in total. The Balaban J connectivity index is 2.46. The lowest BCUT2D eigenvalue weighted by Crippen LogP contribution is -2.22. The highest BCUT2D eigenvalue weighted by Crippen LogP contribution is 2.33. The number of fused-ring (bicyclic) bond motifs is 3. The molecule has 0 spiro atoms. The van der Waals surface area contributed by atoms with E-state index in [0.29, 0.717) is 27.4 Å². The molecule has 3 rings (SSSR count). The number of benzene rings is 2. The molecule has 0 unspecified atom stereocenters. The number of aromatic hydroxyl groups is 1. The van der Waals surface area contributed by atoms with E-state index in [1.54, 1.807) is 37.4 Å². The number of hydrogen-bond acceptors (Lipinski definition) is 4. The highest BCUT2D eigenvalue weighted by molar-refractivity contribution is 6.09. The molecule has 1 heterocycles. The topological polar surface area (TPSA) is 70.8 Å². The highest BCUT2D eigenvalue weighted by Gasteiger charge is 2.14. The Morgan fingerprint density at radius 1 is 1.18 bits per heavy atom. The van der Waals surface area contributed by atoms with Gasteiger partial charge in [0.1, 0.15) is 11.3 Å². The molecule has 0 aliphatic heterocycles. The normalized spacial score (nSPS) is 11.0. The molecule has 112 valence electrons. The number of amides is 1. The molecule has 0 saturated heterocycles. The second-order valence-corrected chi connectivity index (χ2v) is 5.35. The number of carbonyl (C=O) groups is 1. The van der Waals surface area contributed by atoms with Gasteiger partial charge in [-0.05, 0) is 42.8 Å². The Kier molecular flexibility index (Phi) is 3.13. The lowest BCUT2D eigenvalue weighted by molar-refractivity contribution is -0.116. The summed E-state index contributed by atoms with van der Waals surface area (Å²) >= 11 is 0. The summed E-state index contributed by atoms with van der Waals surface area (Å²) < 4.78 is 5.29. The fourth-order valence-electron chi connectivity index (χ4n) is 2.55. The molecule has 1 aromatic heterocycles. The predicted molar refractivity (Wildman–Crippen MR) is 85.5 cm³/mol. The van der Waals surface area contributed by atoms with Gasteiger partial charge >= 0.3 is 5.63 Å². The predicted octanol–water partition coefficient (Wildman–Crippen LogP) is 2.94. The second kappa shape index (κ2) is 4.87. The molecular weight excluding hydrogens is 282 g/mol. The van der Waals surface area contributed by atoms with Crippen LogP contribution in [0.1, 0.15) is 12.5 Å². The third kappa shape index (κ3) is 2.11. The van der Waals surface area contributed by atoms with Crippen LogP contribution in [0.15, 0.2) is 39.5 Å². The zero-order valence-electron chi connectivity index (χ0n) is 12.5. The highest BCUT2D eigenvalue weighted by atomic mass is 16.4. The summed E-state index contributed by atoms with van der Waals surface area (Å²) in [6.45, 7) is 3.27. The Labute approximate surface area is 126 Å². The average molecular weight is 297 g/mol. The summed E-state index contributed by atoms with van der Waals surface area (Å²) in [5, 5.41) is 11.6. The van der Waals surface area contributed by atoms with Crippen LogP contribution in [-0.4, -0.2) is 18.1 Å². The lowest BCUT2D eigenvalue weighted by Gasteiger charge is -2.16. The monoisotopic (exact) mass is 297 g/mol. The van der Waals surface area contributed by atoms with Gasteiger partial charge in [-0.25, -0.2) is 4.79 Å². The molecule has 0 atom stereocenters. The molecular formula is C17H15NO4. The summed E-state index contributed by atoms with van der Waals surface area (Å²) in [5.41, 5.74) is 1.30. The molecule has 0 saturated carbocycles. The van der Waals surface area contributed by atoms with Gasteiger partial charge in [0.2, 0.25) is 5.91 Å². The van der Waals surface area contributed by atoms with Gasteiger partial charge in [0.15, 0.2) is 0 Å². The summed E-state index contributed by atoms with van der Waals surface area (Å²) in [6.07, 6.45) is 0. The van der Waals surface area contributed by atoms with Gasteiger partial charge in [-0.3, -0.25) is 4.79 Å². The quantitative estimate of drug-likeness (QED) is 0.554. The second-order valence-electron chi connectivity index (χ2n) is 5.35. The molecule has 1 amide bonds. The van der Waals surface area contributed by atoms with E-state index >= 15 is 0 Å². The Hall–Kier alpha value is -2.82. The van der Waals surface area contributed by atoms with E-state index in [2.05, 4.69) is 0 Å². The molecule has 1 N–H and O–H groups in total. The first-order valence-corrected chi connectivity index (χ1v) is 6.83. The first-order valence-electron chi connectivity index (χ1n) is 6.83. The molecule has 22 heavy (non-hydrogen) atoms. The fraction of sp³-hybridized carbons (Fsp3) is 0.176. The van der Waals surface area contributed by atoms with E-state index in [0.717, 1.165) is 5.56 Å². The minimum absolute atomic E-state index is 0.0476. The van der Waals surface area contributed by atoms with Crippen molar-refractivity contribution < 1.29 is 14.3 Å². The molecule has 0 aliphatic rings. The van der Waals surface area contributed by atoms with Crippen LogP contribution in [-0.2, 0) is 4.79 Å². The number of carbonyl (C=O) groups excluding carboxylic acids is 1. The van der Waals surface area contributed by atoms with Crippen molar-refractivity contribution in [1.82, 2.24) is 0 Å². The van der Waals surface area contributed by atoms with Crippen molar-refractivity contribution in [3.63, 3.8) is 0 Å². The molecule has 0 bridgehead atoms. The molecule has 0 fully saturated rings. The van der Waals surface area contributed by atoms with Gasteiger partial charge in [0.25, 0.3) is 0 Å². The summed E-state index contributed by atoms with van der Waals surface area (Å²) in [7, 11) is 1.65. The third-order valence-corrected chi connectivity index (χ3v) is 3.78. The van der Waals surface area contributed by atoms with Crippen molar-refractivity contribution >= 4 is 33.3 Å². The maximum absolute atomic E-state index is 12.1. The number of anilines is 1. The molecule has 2 aromatic carbocycles. The van der Waals surface area contributed by atoms with Gasteiger partial charge in [-0.2, -0.15) is 0 Å². The van der Waals surface area contributed by atoms with E-state index < -0.39 is 5.63 Å². The number of rotatable bonds is 1. The van der Waals surface area contributed by atoms with Gasteiger partial charge < -0.3 is 14.4 Å². The first-order chi connectivity index (χ1) is 10.4. The van der Waals surface area contributed by atoms with Crippen molar-refractivity contribution in [3.05, 3.63) is 46.3 Å². The van der Waals surface area contributed by atoms with E-state index in [1.807, 2.05) is 6.92 Å².